The molecule has 0 aliphatic rings. The van der Waals surface area contributed by atoms with Crippen molar-refractivity contribution in [3.05, 3.63) is 65.5 Å². The Balaban J connectivity index is 1.71. The number of anilines is 1. The lowest BCUT2D eigenvalue weighted by atomic mass is 10.0. The van der Waals surface area contributed by atoms with E-state index in [4.69, 9.17) is 0 Å². The SMILES string of the molecule is Cc1cccc(-c2nnc(NC(=O)[C@H](NC(=O)c3cccc(F)c3)C(C)C)s2)c1. The van der Waals surface area contributed by atoms with E-state index in [0.717, 1.165) is 17.2 Å². The molecule has 3 aromatic rings. The highest BCUT2D eigenvalue weighted by atomic mass is 32.1. The second-order valence-electron chi connectivity index (χ2n) is 6.98. The number of carbonyl (C=O) groups is 2. The van der Waals surface area contributed by atoms with Gasteiger partial charge >= 0.3 is 0 Å². The number of nitrogens with zero attached hydrogens (tertiary/aromatic N) is 2. The minimum Gasteiger partial charge on any atom is -0.340 e. The number of aryl methyl sites for hydroxylation is 1. The van der Waals surface area contributed by atoms with E-state index in [1.807, 2.05) is 45.0 Å². The Kier molecular flexibility index (Phi) is 6.33. The molecule has 0 aliphatic carbocycles. The van der Waals surface area contributed by atoms with Crippen molar-refractivity contribution in [1.29, 1.82) is 0 Å². The summed E-state index contributed by atoms with van der Waals surface area (Å²) in [5.74, 6) is -1.62. The van der Waals surface area contributed by atoms with E-state index < -0.39 is 23.7 Å². The molecule has 1 heterocycles. The van der Waals surface area contributed by atoms with Gasteiger partial charge in [-0.2, -0.15) is 0 Å². The second kappa shape index (κ2) is 8.91. The van der Waals surface area contributed by atoms with Crippen LogP contribution in [0.3, 0.4) is 0 Å². The zero-order valence-corrected chi connectivity index (χ0v) is 17.1. The number of halogens is 1. The van der Waals surface area contributed by atoms with Gasteiger partial charge in [-0.3, -0.25) is 14.9 Å². The van der Waals surface area contributed by atoms with Crippen LogP contribution in [0.1, 0.15) is 29.8 Å². The van der Waals surface area contributed by atoms with E-state index in [0.29, 0.717) is 10.1 Å². The van der Waals surface area contributed by atoms with Gasteiger partial charge in [-0.25, -0.2) is 4.39 Å². The lowest BCUT2D eigenvalue weighted by Gasteiger charge is -2.21. The first kappa shape index (κ1) is 20.6. The lowest BCUT2D eigenvalue weighted by molar-refractivity contribution is -0.118. The van der Waals surface area contributed by atoms with Crippen LogP contribution in [0.4, 0.5) is 9.52 Å². The summed E-state index contributed by atoms with van der Waals surface area (Å²) in [4.78, 5) is 25.1. The molecule has 6 nitrogen and oxygen atoms in total. The first-order chi connectivity index (χ1) is 13.8. The van der Waals surface area contributed by atoms with Gasteiger partial charge in [0.15, 0.2) is 0 Å². The molecule has 2 amide bonds. The van der Waals surface area contributed by atoms with Gasteiger partial charge in [0.1, 0.15) is 16.9 Å². The van der Waals surface area contributed by atoms with E-state index in [9.17, 15) is 14.0 Å². The van der Waals surface area contributed by atoms with Crippen LogP contribution in [-0.4, -0.2) is 28.1 Å². The Hall–Kier alpha value is -3.13. The molecule has 2 N–H and O–H groups in total. The summed E-state index contributed by atoms with van der Waals surface area (Å²) < 4.78 is 13.4. The van der Waals surface area contributed by atoms with Gasteiger partial charge < -0.3 is 5.32 Å². The first-order valence-electron chi connectivity index (χ1n) is 9.11. The predicted molar refractivity (Wildman–Crippen MR) is 111 cm³/mol. The summed E-state index contributed by atoms with van der Waals surface area (Å²) in [5, 5.41) is 14.6. The quantitative estimate of drug-likeness (QED) is 0.640. The molecule has 2 aromatic carbocycles. The molecule has 29 heavy (non-hydrogen) atoms. The fourth-order valence-electron chi connectivity index (χ4n) is 2.74. The highest BCUT2D eigenvalue weighted by Gasteiger charge is 2.26. The molecule has 3 rings (SSSR count). The van der Waals surface area contributed by atoms with Crippen molar-refractivity contribution >= 4 is 28.3 Å². The smallest absolute Gasteiger partial charge is 0.252 e. The Morgan fingerprint density at radius 2 is 1.83 bits per heavy atom. The van der Waals surface area contributed by atoms with Gasteiger partial charge in [-0.15, -0.1) is 10.2 Å². The predicted octanol–water partition coefficient (Wildman–Crippen LogP) is 4.05. The third-order valence-electron chi connectivity index (χ3n) is 4.24. The summed E-state index contributed by atoms with van der Waals surface area (Å²) in [6.07, 6.45) is 0. The minimum absolute atomic E-state index is 0.154. The molecule has 150 valence electrons. The maximum atomic E-state index is 13.4. The van der Waals surface area contributed by atoms with Crippen LogP contribution in [0.15, 0.2) is 48.5 Å². The van der Waals surface area contributed by atoms with E-state index >= 15 is 0 Å². The number of amides is 2. The first-order valence-corrected chi connectivity index (χ1v) is 9.93. The molecule has 1 aromatic heterocycles. The van der Waals surface area contributed by atoms with Gasteiger partial charge in [0.25, 0.3) is 5.91 Å². The molecule has 0 bridgehead atoms. The number of aromatic nitrogens is 2. The molecular weight excluding hydrogens is 391 g/mol. The van der Waals surface area contributed by atoms with Crippen molar-refractivity contribution < 1.29 is 14.0 Å². The number of hydrogen-bond donors (Lipinski definition) is 2. The third-order valence-corrected chi connectivity index (χ3v) is 5.13. The van der Waals surface area contributed by atoms with E-state index in [1.165, 1.54) is 29.5 Å². The molecule has 8 heteroatoms. The number of rotatable bonds is 6. The average molecular weight is 412 g/mol. The summed E-state index contributed by atoms with van der Waals surface area (Å²) >= 11 is 1.25. The van der Waals surface area contributed by atoms with Crippen molar-refractivity contribution in [3.63, 3.8) is 0 Å². The molecule has 0 radical (unpaired) electrons. The van der Waals surface area contributed by atoms with Crippen LogP contribution in [0.5, 0.6) is 0 Å². The van der Waals surface area contributed by atoms with Crippen molar-refractivity contribution in [1.82, 2.24) is 15.5 Å². The zero-order valence-electron chi connectivity index (χ0n) is 16.3. The van der Waals surface area contributed by atoms with Crippen LogP contribution < -0.4 is 10.6 Å². The van der Waals surface area contributed by atoms with Crippen LogP contribution >= 0.6 is 11.3 Å². The Bertz CT molecular complexity index is 1030. The molecule has 0 spiro atoms. The molecular formula is C21H21FN4O2S. The molecule has 0 aliphatic heterocycles. The maximum absolute atomic E-state index is 13.4. The Morgan fingerprint density at radius 1 is 1.07 bits per heavy atom. The third kappa shape index (κ3) is 5.23. The summed E-state index contributed by atoms with van der Waals surface area (Å²) in [5.41, 5.74) is 2.17. The lowest BCUT2D eigenvalue weighted by Crippen LogP contribution is -2.47. The van der Waals surface area contributed by atoms with Crippen LogP contribution in [-0.2, 0) is 4.79 Å². The van der Waals surface area contributed by atoms with Crippen molar-refractivity contribution in [2.24, 2.45) is 5.92 Å². The number of benzene rings is 2. The minimum atomic E-state index is -0.808. The summed E-state index contributed by atoms with van der Waals surface area (Å²) in [6, 6.07) is 12.3. The normalized spacial score (nSPS) is 11.9. The molecule has 0 unspecified atom stereocenters. The van der Waals surface area contributed by atoms with E-state index in [1.54, 1.807) is 0 Å². The summed E-state index contributed by atoms with van der Waals surface area (Å²) in [6.45, 7) is 5.62. The van der Waals surface area contributed by atoms with Gasteiger partial charge in [0.05, 0.1) is 0 Å². The highest BCUT2D eigenvalue weighted by Crippen LogP contribution is 2.27. The fraction of sp³-hybridized carbons (Fsp3) is 0.238. The van der Waals surface area contributed by atoms with E-state index in [2.05, 4.69) is 20.8 Å². The number of carbonyl (C=O) groups excluding carboxylic acids is 2. The van der Waals surface area contributed by atoms with Gasteiger partial charge in [-0.05, 0) is 37.1 Å². The van der Waals surface area contributed by atoms with Crippen molar-refractivity contribution in [3.8, 4) is 10.6 Å². The topological polar surface area (TPSA) is 84.0 Å². The largest absolute Gasteiger partial charge is 0.340 e. The molecule has 0 saturated heterocycles. The average Bonchev–Trinajstić information content (AvgIpc) is 3.14. The Morgan fingerprint density at radius 3 is 2.52 bits per heavy atom. The maximum Gasteiger partial charge on any atom is 0.252 e. The fourth-order valence-corrected chi connectivity index (χ4v) is 3.48. The molecule has 0 saturated carbocycles. The standard InChI is InChI=1S/C21H21FN4O2S/c1-12(2)17(23-18(27)14-7-5-9-16(22)11-14)19(28)24-21-26-25-20(29-21)15-8-4-6-13(3)10-15/h4-12,17H,1-3H3,(H,23,27)(H,24,26,28)/t17-/m1/s1. The molecule has 0 fully saturated rings. The van der Waals surface area contributed by atoms with E-state index in [-0.39, 0.29) is 11.5 Å². The zero-order chi connectivity index (χ0) is 21.0. The van der Waals surface area contributed by atoms with Gasteiger partial charge in [0, 0.05) is 11.1 Å². The van der Waals surface area contributed by atoms with Crippen LogP contribution in [0, 0.1) is 18.7 Å². The van der Waals surface area contributed by atoms with Crippen LogP contribution in [0.2, 0.25) is 0 Å². The number of hydrogen-bond acceptors (Lipinski definition) is 5. The highest BCUT2D eigenvalue weighted by molar-refractivity contribution is 7.18. The Labute approximate surface area is 172 Å². The van der Waals surface area contributed by atoms with Crippen LogP contribution in [0.25, 0.3) is 10.6 Å². The van der Waals surface area contributed by atoms with Crippen molar-refractivity contribution in [2.45, 2.75) is 26.8 Å². The second-order valence-corrected chi connectivity index (χ2v) is 7.95. The summed E-state index contributed by atoms with van der Waals surface area (Å²) in [7, 11) is 0. The monoisotopic (exact) mass is 412 g/mol. The molecule has 1 atom stereocenters. The van der Waals surface area contributed by atoms with Gasteiger partial charge in [0.2, 0.25) is 11.0 Å². The van der Waals surface area contributed by atoms with Gasteiger partial charge in [-0.1, -0.05) is 55.0 Å². The van der Waals surface area contributed by atoms with Crippen molar-refractivity contribution in [2.75, 3.05) is 5.32 Å². The number of nitrogens with one attached hydrogen (secondary N) is 2.